The molecule has 4 fully saturated rings. The molecule has 2 heterocycles. The molecule has 0 unspecified atom stereocenters. The van der Waals surface area contributed by atoms with E-state index in [1.165, 1.54) is 31.3 Å². The van der Waals surface area contributed by atoms with Crippen LogP contribution in [-0.2, 0) is 11.8 Å². The Kier molecular flexibility index (Phi) is 9.87. The van der Waals surface area contributed by atoms with Crippen molar-refractivity contribution in [1.29, 1.82) is 0 Å². The summed E-state index contributed by atoms with van der Waals surface area (Å²) in [6.45, 7) is 11.2. The predicted molar refractivity (Wildman–Crippen MR) is 181 cm³/mol. The first-order chi connectivity index (χ1) is 22.2. The van der Waals surface area contributed by atoms with Gasteiger partial charge in [0.15, 0.2) is 5.78 Å². The van der Waals surface area contributed by atoms with E-state index in [1.54, 1.807) is 12.4 Å². The molecule has 0 amide bonds. The van der Waals surface area contributed by atoms with Gasteiger partial charge in [0, 0.05) is 36.7 Å². The molecule has 6 heteroatoms. The van der Waals surface area contributed by atoms with Crippen molar-refractivity contribution in [3.8, 4) is 0 Å². The second-order valence-electron chi connectivity index (χ2n) is 15.3. The summed E-state index contributed by atoms with van der Waals surface area (Å²) < 4.78 is 6.35. The molecule has 0 aromatic carbocycles. The van der Waals surface area contributed by atoms with Gasteiger partial charge < -0.3 is 14.6 Å². The smallest absolute Gasteiger partial charge is 0.201 e. The van der Waals surface area contributed by atoms with Crippen molar-refractivity contribution in [1.82, 2.24) is 9.97 Å². The third-order valence-electron chi connectivity index (χ3n) is 12.4. The number of aliphatic hydroxyl groups is 2. The van der Waals surface area contributed by atoms with Gasteiger partial charge in [0.2, 0.25) is 5.89 Å². The van der Waals surface area contributed by atoms with Crippen molar-refractivity contribution in [2.24, 2.45) is 29.1 Å². The maximum Gasteiger partial charge on any atom is 0.201 e. The van der Waals surface area contributed by atoms with Crippen LogP contribution in [0.4, 0.5) is 0 Å². The van der Waals surface area contributed by atoms with Crippen molar-refractivity contribution >= 4 is 5.78 Å². The standard InChI is InChI=1S/C40H54N2O4/c1-5-6-9-32-25-42-38(46-32)40(19-20-40)35(37(45)29-16-21-41-22-17-29)13-10-26(2)33-14-15-34-28(8-7-18-39(33,34)4)11-12-30-23-31(43)24-36(44)27(30)3/h11-12,16-17,21-22,25-26,31,33-36,43-44H,3,5-10,13-15,18-20,23-24H2,1-2,4H3/t26-,31-,33-,34+,35-,36+,39-/m1/s1. The molecule has 2 aromatic heterocycles. The topological polar surface area (TPSA) is 96.5 Å². The predicted octanol–water partition coefficient (Wildman–Crippen LogP) is 8.50. The van der Waals surface area contributed by atoms with Crippen LogP contribution in [-0.4, -0.2) is 38.2 Å². The molecule has 4 aliphatic carbocycles. The van der Waals surface area contributed by atoms with E-state index in [1.807, 2.05) is 18.3 Å². The van der Waals surface area contributed by atoms with E-state index < -0.39 is 12.2 Å². The number of carbonyl (C=O) groups is 1. The number of hydrogen-bond acceptors (Lipinski definition) is 6. The Hall–Kier alpha value is -2.83. The van der Waals surface area contributed by atoms with Gasteiger partial charge in [0.25, 0.3) is 0 Å². The summed E-state index contributed by atoms with van der Waals surface area (Å²) in [5.41, 5.74) is 3.93. The lowest BCUT2D eigenvalue weighted by Gasteiger charge is -2.44. The minimum atomic E-state index is -0.655. The molecule has 6 nitrogen and oxygen atoms in total. The van der Waals surface area contributed by atoms with Crippen LogP contribution in [0.3, 0.4) is 0 Å². The van der Waals surface area contributed by atoms with Crippen molar-refractivity contribution in [2.75, 3.05) is 0 Å². The lowest BCUT2D eigenvalue weighted by Crippen LogP contribution is -2.36. The highest BCUT2D eigenvalue weighted by Gasteiger charge is 2.57. The zero-order valence-corrected chi connectivity index (χ0v) is 28.2. The minimum absolute atomic E-state index is 0.150. The number of unbranched alkanes of at least 4 members (excludes halogenated alkanes) is 1. The average Bonchev–Trinajstić information content (AvgIpc) is 3.55. The molecule has 248 valence electrons. The number of aromatic nitrogens is 2. The number of hydrogen-bond donors (Lipinski definition) is 2. The average molecular weight is 627 g/mol. The summed E-state index contributed by atoms with van der Waals surface area (Å²) in [6.07, 6.45) is 22.3. The van der Waals surface area contributed by atoms with Gasteiger partial charge in [-0.25, -0.2) is 4.98 Å². The molecular formula is C40H54N2O4. The van der Waals surface area contributed by atoms with Crippen LogP contribution in [0.2, 0.25) is 0 Å². The molecule has 2 N–H and O–H groups in total. The van der Waals surface area contributed by atoms with E-state index in [0.717, 1.165) is 79.7 Å². The molecule has 0 bridgehead atoms. The maximum atomic E-state index is 14.2. The number of rotatable bonds is 12. The lowest BCUT2D eigenvalue weighted by atomic mass is 9.60. The van der Waals surface area contributed by atoms with E-state index >= 15 is 0 Å². The van der Waals surface area contributed by atoms with E-state index in [4.69, 9.17) is 9.40 Å². The number of allylic oxidation sites excluding steroid dienone is 3. The highest BCUT2D eigenvalue weighted by Crippen LogP contribution is 2.61. The summed E-state index contributed by atoms with van der Waals surface area (Å²) in [5, 5.41) is 20.6. The third-order valence-corrected chi connectivity index (χ3v) is 12.4. The highest BCUT2D eigenvalue weighted by molar-refractivity contribution is 5.99. The Balaban J connectivity index is 1.19. The number of carbonyl (C=O) groups excluding carboxylic acids is 1. The molecule has 6 rings (SSSR count). The van der Waals surface area contributed by atoms with Crippen LogP contribution < -0.4 is 0 Å². The van der Waals surface area contributed by atoms with E-state index in [2.05, 4.69) is 44.5 Å². The molecule has 0 saturated heterocycles. The number of fused-ring (bicyclic) bond motifs is 1. The zero-order valence-electron chi connectivity index (χ0n) is 28.2. The van der Waals surface area contributed by atoms with Gasteiger partial charge in [0.1, 0.15) is 5.76 Å². The molecule has 4 aliphatic rings. The number of ketones is 1. The van der Waals surface area contributed by atoms with Crippen LogP contribution in [0.25, 0.3) is 0 Å². The number of oxazole rings is 1. The van der Waals surface area contributed by atoms with Crippen molar-refractivity contribution in [3.05, 3.63) is 83.4 Å². The van der Waals surface area contributed by atoms with Gasteiger partial charge >= 0.3 is 0 Å². The monoisotopic (exact) mass is 626 g/mol. The number of aliphatic hydroxyl groups excluding tert-OH is 2. The molecule has 0 spiro atoms. The Morgan fingerprint density at radius 2 is 1.93 bits per heavy atom. The fourth-order valence-corrected chi connectivity index (χ4v) is 9.54. The summed E-state index contributed by atoms with van der Waals surface area (Å²) in [6, 6.07) is 3.71. The van der Waals surface area contributed by atoms with Gasteiger partial charge in [-0.05, 0) is 117 Å². The number of Topliss-reactive ketones (excluding diaryl/α,β-unsaturated/α-hetero) is 1. The van der Waals surface area contributed by atoms with Crippen molar-refractivity contribution < 1.29 is 19.4 Å². The van der Waals surface area contributed by atoms with E-state index in [-0.39, 0.29) is 22.5 Å². The van der Waals surface area contributed by atoms with Crippen LogP contribution in [0.15, 0.2) is 70.6 Å². The Labute approximate surface area is 275 Å². The quantitative estimate of drug-likeness (QED) is 0.229. The van der Waals surface area contributed by atoms with E-state index in [0.29, 0.717) is 30.6 Å². The van der Waals surface area contributed by atoms with Crippen LogP contribution >= 0.6 is 0 Å². The first-order valence-electron chi connectivity index (χ1n) is 18.0. The molecule has 2 aromatic rings. The van der Waals surface area contributed by atoms with Gasteiger partial charge in [-0.1, -0.05) is 51.5 Å². The second-order valence-corrected chi connectivity index (χ2v) is 15.3. The SMILES string of the molecule is C=C1C(=CC=C2CCC[C@]3(C)[C@@H]([C@H](C)CC[C@H](C(=O)c4ccncc4)C4(c5ncc(CCCC)o5)CC4)CC[C@@H]23)C[C@@H](O)C[C@@H]1O. The van der Waals surface area contributed by atoms with Crippen molar-refractivity contribution in [3.63, 3.8) is 0 Å². The summed E-state index contributed by atoms with van der Waals surface area (Å²) >= 11 is 0. The number of pyridine rings is 1. The van der Waals surface area contributed by atoms with Gasteiger partial charge in [0.05, 0.1) is 23.8 Å². The summed E-state index contributed by atoms with van der Waals surface area (Å²) in [5.74, 6) is 3.42. The largest absolute Gasteiger partial charge is 0.445 e. The number of nitrogens with zero attached hydrogens (tertiary/aromatic N) is 2. The van der Waals surface area contributed by atoms with E-state index in [9.17, 15) is 15.0 Å². The van der Waals surface area contributed by atoms with Gasteiger partial charge in [-0.15, -0.1) is 0 Å². The summed E-state index contributed by atoms with van der Waals surface area (Å²) in [7, 11) is 0. The fourth-order valence-electron chi connectivity index (χ4n) is 9.54. The zero-order chi connectivity index (χ0) is 32.5. The molecule has 7 atom stereocenters. The van der Waals surface area contributed by atoms with Crippen molar-refractivity contribution in [2.45, 2.75) is 128 Å². The Morgan fingerprint density at radius 1 is 1.15 bits per heavy atom. The molecule has 0 aliphatic heterocycles. The fraction of sp³-hybridized carbons (Fsp3) is 0.625. The minimum Gasteiger partial charge on any atom is -0.445 e. The van der Waals surface area contributed by atoms with Crippen LogP contribution in [0, 0.1) is 29.1 Å². The number of aryl methyl sites for hydroxylation is 1. The second kappa shape index (κ2) is 13.7. The molecule has 0 radical (unpaired) electrons. The maximum absolute atomic E-state index is 14.2. The molecule has 46 heavy (non-hydrogen) atoms. The third kappa shape index (κ3) is 6.49. The molecular weight excluding hydrogens is 572 g/mol. The highest BCUT2D eigenvalue weighted by atomic mass is 16.4. The summed E-state index contributed by atoms with van der Waals surface area (Å²) in [4.78, 5) is 23.1. The lowest BCUT2D eigenvalue weighted by molar-refractivity contribution is 0.0792. The van der Waals surface area contributed by atoms with Crippen LogP contribution in [0.1, 0.15) is 126 Å². The van der Waals surface area contributed by atoms with Crippen LogP contribution in [0.5, 0.6) is 0 Å². The Morgan fingerprint density at radius 3 is 2.67 bits per heavy atom. The molecule has 4 saturated carbocycles. The first-order valence-corrected chi connectivity index (χ1v) is 18.0. The Bertz CT molecular complexity index is 1450. The van der Waals surface area contributed by atoms with Gasteiger partial charge in [-0.2, -0.15) is 0 Å². The van der Waals surface area contributed by atoms with Gasteiger partial charge in [-0.3, -0.25) is 9.78 Å². The first kappa shape index (κ1) is 33.1. The normalized spacial score (nSPS) is 32.0.